The van der Waals surface area contributed by atoms with Crippen molar-refractivity contribution in [1.29, 1.82) is 0 Å². The molecule has 2 aromatic rings. The summed E-state index contributed by atoms with van der Waals surface area (Å²) in [5, 5.41) is 10.6. The van der Waals surface area contributed by atoms with Gasteiger partial charge in [0.15, 0.2) is 0 Å². The van der Waals surface area contributed by atoms with Gasteiger partial charge in [0.1, 0.15) is 0 Å². The third kappa shape index (κ3) is 2.49. The SMILES string of the molecule is OC[C@H]1CC2CCN1C[C@@H]2C#Cc1cnc2ccccc2c1. The van der Waals surface area contributed by atoms with Crippen LogP contribution < -0.4 is 0 Å². The number of pyridine rings is 1. The highest BCUT2D eigenvalue weighted by Gasteiger charge is 2.38. The van der Waals surface area contributed by atoms with Gasteiger partial charge in [0.2, 0.25) is 0 Å². The van der Waals surface area contributed by atoms with Crippen LogP contribution in [0.25, 0.3) is 10.9 Å². The maximum Gasteiger partial charge on any atom is 0.0702 e. The summed E-state index contributed by atoms with van der Waals surface area (Å²) in [4.78, 5) is 6.87. The number of nitrogens with zero attached hydrogens (tertiary/aromatic N) is 2. The Balaban J connectivity index is 1.55. The molecule has 1 aromatic heterocycles. The van der Waals surface area contributed by atoms with Crippen LogP contribution in [0.15, 0.2) is 36.5 Å². The second-order valence-electron chi connectivity index (χ2n) is 6.41. The number of piperidine rings is 3. The van der Waals surface area contributed by atoms with Crippen molar-refractivity contribution in [1.82, 2.24) is 9.88 Å². The highest BCUT2D eigenvalue weighted by molar-refractivity contribution is 5.79. The fourth-order valence-corrected chi connectivity index (χ4v) is 3.81. The minimum atomic E-state index is 0.283. The molecule has 112 valence electrons. The second-order valence-corrected chi connectivity index (χ2v) is 6.41. The molecule has 3 saturated heterocycles. The predicted molar refractivity (Wildman–Crippen MR) is 87.3 cm³/mol. The lowest BCUT2D eigenvalue weighted by Gasteiger charge is -2.47. The van der Waals surface area contributed by atoms with Gasteiger partial charge in [-0.25, -0.2) is 0 Å². The minimum absolute atomic E-state index is 0.283. The first-order valence-corrected chi connectivity index (χ1v) is 8.05. The Labute approximate surface area is 131 Å². The van der Waals surface area contributed by atoms with E-state index in [1.807, 2.05) is 24.4 Å². The molecular formula is C19H20N2O. The molecule has 3 aliphatic rings. The molecule has 22 heavy (non-hydrogen) atoms. The highest BCUT2D eigenvalue weighted by atomic mass is 16.3. The number of aliphatic hydroxyl groups excluding tert-OH is 1. The molecule has 1 N–H and O–H groups in total. The first-order valence-electron chi connectivity index (χ1n) is 8.05. The van der Waals surface area contributed by atoms with Gasteiger partial charge in [0.25, 0.3) is 0 Å². The quantitative estimate of drug-likeness (QED) is 0.819. The molecule has 4 heterocycles. The number of fused-ring (bicyclic) bond motifs is 4. The summed E-state index contributed by atoms with van der Waals surface area (Å²) in [6.45, 7) is 2.40. The summed E-state index contributed by atoms with van der Waals surface area (Å²) in [5.41, 5.74) is 2.01. The van der Waals surface area contributed by atoms with E-state index in [0.717, 1.165) is 36.0 Å². The van der Waals surface area contributed by atoms with Gasteiger partial charge in [-0.2, -0.15) is 0 Å². The van der Waals surface area contributed by atoms with Crippen LogP contribution in [0.3, 0.4) is 0 Å². The topological polar surface area (TPSA) is 36.4 Å². The molecule has 3 heteroatoms. The molecule has 0 spiro atoms. The maximum absolute atomic E-state index is 9.42. The van der Waals surface area contributed by atoms with Crippen LogP contribution in [0.5, 0.6) is 0 Å². The van der Waals surface area contributed by atoms with Crippen molar-refractivity contribution in [3.63, 3.8) is 0 Å². The predicted octanol–water partition coefficient (Wildman–Crippen LogP) is 2.29. The fourth-order valence-electron chi connectivity index (χ4n) is 3.81. The molecule has 2 bridgehead atoms. The average molecular weight is 292 g/mol. The smallest absolute Gasteiger partial charge is 0.0702 e. The molecular weight excluding hydrogens is 272 g/mol. The van der Waals surface area contributed by atoms with E-state index in [2.05, 4.69) is 33.9 Å². The van der Waals surface area contributed by atoms with E-state index in [1.54, 1.807) is 0 Å². The number of rotatable bonds is 1. The van der Waals surface area contributed by atoms with E-state index >= 15 is 0 Å². The number of benzene rings is 1. The number of aromatic nitrogens is 1. The summed E-state index contributed by atoms with van der Waals surface area (Å²) in [6, 6.07) is 10.6. The Bertz CT molecular complexity index is 746. The first-order chi connectivity index (χ1) is 10.8. The van der Waals surface area contributed by atoms with Gasteiger partial charge in [-0.15, -0.1) is 0 Å². The van der Waals surface area contributed by atoms with Crippen molar-refractivity contribution in [3.05, 3.63) is 42.1 Å². The number of hydrogen-bond donors (Lipinski definition) is 1. The Hall–Kier alpha value is -1.89. The van der Waals surface area contributed by atoms with Gasteiger partial charge in [0.05, 0.1) is 12.1 Å². The molecule has 3 fully saturated rings. The largest absolute Gasteiger partial charge is 0.395 e. The van der Waals surface area contributed by atoms with Crippen LogP contribution in [0, 0.1) is 23.7 Å². The normalized spacial score (nSPS) is 30.0. The molecule has 2 unspecified atom stereocenters. The monoisotopic (exact) mass is 292 g/mol. The summed E-state index contributed by atoms with van der Waals surface area (Å²) in [7, 11) is 0. The van der Waals surface area contributed by atoms with Gasteiger partial charge in [-0.05, 0) is 37.4 Å². The Morgan fingerprint density at radius 2 is 2.23 bits per heavy atom. The number of para-hydroxylation sites is 1. The van der Waals surface area contributed by atoms with Crippen molar-refractivity contribution in [2.24, 2.45) is 11.8 Å². The van der Waals surface area contributed by atoms with Crippen LogP contribution >= 0.6 is 0 Å². The minimum Gasteiger partial charge on any atom is -0.395 e. The summed E-state index contributed by atoms with van der Waals surface area (Å²) < 4.78 is 0. The second kappa shape index (κ2) is 5.72. The van der Waals surface area contributed by atoms with Gasteiger partial charge in [-0.1, -0.05) is 30.0 Å². The van der Waals surface area contributed by atoms with Crippen LogP contribution in [0.4, 0.5) is 0 Å². The molecule has 1 aromatic carbocycles. The molecule has 0 amide bonds. The third-order valence-corrected chi connectivity index (χ3v) is 5.08. The molecule has 3 aliphatic heterocycles. The number of aliphatic hydroxyl groups is 1. The lowest BCUT2D eigenvalue weighted by atomic mass is 9.76. The maximum atomic E-state index is 9.42. The Morgan fingerprint density at radius 3 is 3.05 bits per heavy atom. The standard InChI is InChI=1S/C19H20N2O/c22-13-18-10-15-7-8-21(18)12-17(15)6-5-14-9-16-3-1-2-4-19(16)20-11-14/h1-4,9,11,15,17-18,22H,7-8,10,12-13H2/t15?,17-,18+/m0/s1. The van der Waals surface area contributed by atoms with Crippen molar-refractivity contribution < 1.29 is 5.11 Å². The van der Waals surface area contributed by atoms with Crippen LogP contribution in [0.1, 0.15) is 18.4 Å². The van der Waals surface area contributed by atoms with Crippen LogP contribution in [-0.2, 0) is 0 Å². The lowest BCUT2D eigenvalue weighted by Crippen LogP contribution is -2.54. The molecule has 5 rings (SSSR count). The van der Waals surface area contributed by atoms with Gasteiger partial charge < -0.3 is 5.11 Å². The zero-order chi connectivity index (χ0) is 14.9. The van der Waals surface area contributed by atoms with E-state index < -0.39 is 0 Å². The Kier molecular flexibility index (Phi) is 3.57. The molecule has 0 radical (unpaired) electrons. The zero-order valence-electron chi connectivity index (χ0n) is 12.6. The van der Waals surface area contributed by atoms with Crippen LogP contribution in [0.2, 0.25) is 0 Å². The van der Waals surface area contributed by atoms with Crippen molar-refractivity contribution in [3.8, 4) is 11.8 Å². The van der Waals surface area contributed by atoms with Crippen LogP contribution in [-0.4, -0.2) is 40.7 Å². The highest BCUT2D eigenvalue weighted by Crippen LogP contribution is 2.35. The molecule has 4 atom stereocenters. The van der Waals surface area contributed by atoms with Gasteiger partial charge >= 0.3 is 0 Å². The first kappa shape index (κ1) is 13.8. The van der Waals surface area contributed by atoms with Gasteiger partial charge in [0, 0.05) is 35.7 Å². The summed E-state index contributed by atoms with van der Waals surface area (Å²) in [5.74, 6) is 7.86. The van der Waals surface area contributed by atoms with E-state index in [4.69, 9.17) is 0 Å². The van der Waals surface area contributed by atoms with Gasteiger partial charge in [-0.3, -0.25) is 9.88 Å². The van der Waals surface area contributed by atoms with E-state index in [0.29, 0.717) is 17.9 Å². The van der Waals surface area contributed by atoms with Crippen molar-refractivity contribution in [2.75, 3.05) is 19.7 Å². The lowest BCUT2D eigenvalue weighted by molar-refractivity contribution is -0.00370. The third-order valence-electron chi connectivity index (χ3n) is 5.08. The average Bonchev–Trinajstić information content (AvgIpc) is 2.60. The summed E-state index contributed by atoms with van der Waals surface area (Å²) >= 11 is 0. The molecule has 3 nitrogen and oxygen atoms in total. The molecule has 0 saturated carbocycles. The molecule has 0 aliphatic carbocycles. The fraction of sp³-hybridized carbons (Fsp3) is 0.421. The van der Waals surface area contributed by atoms with Crippen molar-refractivity contribution in [2.45, 2.75) is 18.9 Å². The number of hydrogen-bond acceptors (Lipinski definition) is 3. The zero-order valence-corrected chi connectivity index (χ0v) is 12.6. The Morgan fingerprint density at radius 1 is 1.32 bits per heavy atom. The van der Waals surface area contributed by atoms with E-state index in [1.165, 1.54) is 6.42 Å². The summed E-state index contributed by atoms with van der Waals surface area (Å²) in [6.07, 6.45) is 4.17. The van der Waals surface area contributed by atoms with Crippen molar-refractivity contribution >= 4 is 10.9 Å². The van der Waals surface area contributed by atoms with E-state index in [-0.39, 0.29) is 6.61 Å². The van der Waals surface area contributed by atoms with E-state index in [9.17, 15) is 5.11 Å².